The van der Waals surface area contributed by atoms with Crippen LogP contribution < -0.4 is 4.74 Å². The smallest absolute Gasteiger partial charge is 0.316 e. The number of nitrogens with zero attached hydrogens (tertiary/aromatic N) is 6. The van der Waals surface area contributed by atoms with E-state index in [0.717, 1.165) is 52.7 Å². The average molecular weight is 386 g/mol. The number of hydrogen-bond acceptors (Lipinski definition) is 5. The lowest BCUT2D eigenvalue weighted by Gasteiger charge is -2.12. The molecule has 146 valence electrons. The molecule has 0 atom stereocenters. The molecule has 1 aliphatic carbocycles. The average Bonchev–Trinajstić information content (AvgIpc) is 3.28. The van der Waals surface area contributed by atoms with Gasteiger partial charge in [0.05, 0.1) is 30.2 Å². The van der Waals surface area contributed by atoms with Crippen molar-refractivity contribution < 1.29 is 4.74 Å². The number of fused-ring (bicyclic) bond motifs is 2. The topological polar surface area (TPSA) is 70.1 Å². The summed E-state index contributed by atoms with van der Waals surface area (Å²) in [5, 5.41) is 8.80. The number of aryl methyl sites for hydroxylation is 2. The van der Waals surface area contributed by atoms with E-state index in [1.807, 2.05) is 49.5 Å². The molecule has 0 fully saturated rings. The summed E-state index contributed by atoms with van der Waals surface area (Å²) in [6.45, 7) is 2.51. The Balaban J connectivity index is 1.61. The Bertz CT molecular complexity index is 1220. The van der Waals surface area contributed by atoms with Crippen LogP contribution in [-0.4, -0.2) is 36.0 Å². The molecular weight excluding hydrogens is 364 g/mol. The largest absolute Gasteiger partial charge is 0.464 e. The van der Waals surface area contributed by atoms with Crippen LogP contribution in [0.25, 0.3) is 22.2 Å². The Labute approximate surface area is 168 Å². The van der Waals surface area contributed by atoms with Gasteiger partial charge < -0.3 is 4.74 Å². The van der Waals surface area contributed by atoms with Gasteiger partial charge in [-0.25, -0.2) is 9.50 Å². The summed E-state index contributed by atoms with van der Waals surface area (Å²) in [4.78, 5) is 9.07. The van der Waals surface area contributed by atoms with Crippen LogP contribution in [0, 0.1) is 0 Å². The molecule has 7 nitrogen and oxygen atoms in total. The number of rotatable bonds is 4. The summed E-state index contributed by atoms with van der Waals surface area (Å²) in [5.74, 6) is 0. The Morgan fingerprint density at radius 2 is 2.03 bits per heavy atom. The van der Waals surface area contributed by atoms with Crippen LogP contribution in [0.1, 0.15) is 36.6 Å². The van der Waals surface area contributed by atoms with Crippen LogP contribution in [0.4, 0.5) is 0 Å². The van der Waals surface area contributed by atoms with Crippen molar-refractivity contribution in [1.82, 2.24) is 29.4 Å². The predicted molar refractivity (Wildman–Crippen MR) is 111 cm³/mol. The van der Waals surface area contributed by atoms with E-state index in [1.165, 1.54) is 5.57 Å². The monoisotopic (exact) mass is 386 g/mol. The molecule has 0 saturated heterocycles. The van der Waals surface area contributed by atoms with Gasteiger partial charge in [0.2, 0.25) is 0 Å². The standard InChI is InChI=1S/C22H22N6O/c1-3-29-22-23-12-19-17(6-4-5-7-20(19)26-22)15-8-9-28-21(10-15)18(13-25-28)16-11-24-27(2)14-16/h6,8-14H,3-5,7H2,1-2H3. The first kappa shape index (κ1) is 17.6. The third-order valence-corrected chi connectivity index (χ3v) is 5.22. The minimum Gasteiger partial charge on any atom is -0.464 e. The van der Waals surface area contributed by atoms with E-state index in [-0.39, 0.29) is 0 Å². The molecule has 29 heavy (non-hydrogen) atoms. The third-order valence-electron chi connectivity index (χ3n) is 5.22. The van der Waals surface area contributed by atoms with E-state index < -0.39 is 0 Å². The summed E-state index contributed by atoms with van der Waals surface area (Å²) in [7, 11) is 1.92. The van der Waals surface area contributed by atoms with Crippen molar-refractivity contribution in [2.45, 2.75) is 26.2 Å². The maximum absolute atomic E-state index is 5.51. The van der Waals surface area contributed by atoms with Gasteiger partial charge in [-0.2, -0.15) is 15.2 Å². The number of hydrogen-bond donors (Lipinski definition) is 0. The number of pyridine rings is 1. The first-order valence-corrected chi connectivity index (χ1v) is 9.89. The molecule has 1 aliphatic rings. The van der Waals surface area contributed by atoms with E-state index in [1.54, 1.807) is 4.68 Å². The molecule has 0 saturated carbocycles. The summed E-state index contributed by atoms with van der Waals surface area (Å²) >= 11 is 0. The zero-order valence-electron chi connectivity index (χ0n) is 16.5. The van der Waals surface area contributed by atoms with Crippen molar-refractivity contribution in [3.63, 3.8) is 0 Å². The van der Waals surface area contributed by atoms with Crippen LogP contribution >= 0.6 is 0 Å². The second kappa shape index (κ2) is 7.16. The molecule has 0 aromatic carbocycles. The zero-order valence-corrected chi connectivity index (χ0v) is 16.5. The highest BCUT2D eigenvalue weighted by Crippen LogP contribution is 2.33. The van der Waals surface area contributed by atoms with Gasteiger partial charge in [0, 0.05) is 42.3 Å². The molecule has 4 heterocycles. The Hall–Kier alpha value is -3.48. The molecule has 5 rings (SSSR count). The van der Waals surface area contributed by atoms with Gasteiger partial charge >= 0.3 is 6.01 Å². The molecule has 0 spiro atoms. The van der Waals surface area contributed by atoms with Gasteiger partial charge in [-0.3, -0.25) is 4.68 Å². The maximum Gasteiger partial charge on any atom is 0.316 e. The Kier molecular flexibility index (Phi) is 4.35. The SMILES string of the molecule is CCOc1ncc2c(n1)CCCC=C2c1ccn2ncc(-c3cnn(C)c3)c2c1. The minimum atomic E-state index is 0.456. The summed E-state index contributed by atoms with van der Waals surface area (Å²) in [6, 6.07) is 4.74. The predicted octanol–water partition coefficient (Wildman–Crippen LogP) is 3.69. The molecule has 0 bridgehead atoms. The molecule has 4 aromatic heterocycles. The van der Waals surface area contributed by atoms with Crippen molar-refractivity contribution >= 4 is 11.1 Å². The fourth-order valence-electron chi connectivity index (χ4n) is 3.84. The third kappa shape index (κ3) is 3.18. The first-order valence-electron chi connectivity index (χ1n) is 9.89. The molecule has 0 radical (unpaired) electrons. The summed E-state index contributed by atoms with van der Waals surface area (Å²) < 4.78 is 9.21. The molecule has 0 amide bonds. The van der Waals surface area contributed by atoms with E-state index in [2.05, 4.69) is 38.4 Å². The lowest BCUT2D eigenvalue weighted by molar-refractivity contribution is 0.311. The van der Waals surface area contributed by atoms with Gasteiger partial charge in [-0.15, -0.1) is 0 Å². The molecule has 7 heteroatoms. The maximum atomic E-state index is 5.51. The Morgan fingerprint density at radius 3 is 2.86 bits per heavy atom. The van der Waals surface area contributed by atoms with Crippen molar-refractivity contribution in [3.05, 3.63) is 66.0 Å². The molecule has 0 N–H and O–H groups in total. The highest BCUT2D eigenvalue weighted by atomic mass is 16.5. The normalized spacial score (nSPS) is 13.8. The lowest BCUT2D eigenvalue weighted by Crippen LogP contribution is -2.04. The fourth-order valence-corrected chi connectivity index (χ4v) is 3.84. The lowest BCUT2D eigenvalue weighted by atomic mass is 9.97. The van der Waals surface area contributed by atoms with Crippen molar-refractivity contribution in [2.24, 2.45) is 7.05 Å². The number of ether oxygens (including phenoxy) is 1. The van der Waals surface area contributed by atoms with Crippen LogP contribution in [0.3, 0.4) is 0 Å². The van der Waals surface area contributed by atoms with E-state index >= 15 is 0 Å². The van der Waals surface area contributed by atoms with Crippen molar-refractivity contribution in [3.8, 4) is 17.1 Å². The van der Waals surface area contributed by atoms with Gasteiger partial charge in [0.25, 0.3) is 0 Å². The first-order chi connectivity index (χ1) is 14.2. The van der Waals surface area contributed by atoms with Gasteiger partial charge in [0.1, 0.15) is 0 Å². The van der Waals surface area contributed by atoms with Crippen LogP contribution in [-0.2, 0) is 13.5 Å². The quantitative estimate of drug-likeness (QED) is 0.535. The summed E-state index contributed by atoms with van der Waals surface area (Å²) in [5.41, 5.74) is 7.61. The van der Waals surface area contributed by atoms with Crippen molar-refractivity contribution in [2.75, 3.05) is 6.61 Å². The molecule has 4 aromatic rings. The second-order valence-corrected chi connectivity index (χ2v) is 7.16. The molecule has 0 aliphatic heterocycles. The minimum absolute atomic E-state index is 0.456. The van der Waals surface area contributed by atoms with Crippen molar-refractivity contribution in [1.29, 1.82) is 0 Å². The van der Waals surface area contributed by atoms with E-state index in [4.69, 9.17) is 4.74 Å². The molecule has 0 unspecified atom stereocenters. The number of aromatic nitrogens is 6. The van der Waals surface area contributed by atoms with E-state index in [0.29, 0.717) is 12.6 Å². The fraction of sp³-hybridized carbons (Fsp3) is 0.273. The Morgan fingerprint density at radius 1 is 1.10 bits per heavy atom. The zero-order chi connectivity index (χ0) is 19.8. The van der Waals surface area contributed by atoms with Gasteiger partial charge in [0.15, 0.2) is 0 Å². The summed E-state index contributed by atoms with van der Waals surface area (Å²) in [6.07, 6.45) is 15.0. The molecular formula is C22H22N6O. The van der Waals surface area contributed by atoms with Gasteiger partial charge in [-0.05, 0) is 49.5 Å². The highest BCUT2D eigenvalue weighted by molar-refractivity contribution is 5.86. The highest BCUT2D eigenvalue weighted by Gasteiger charge is 2.18. The van der Waals surface area contributed by atoms with E-state index in [9.17, 15) is 0 Å². The van der Waals surface area contributed by atoms with Crippen LogP contribution in [0.5, 0.6) is 6.01 Å². The van der Waals surface area contributed by atoms with Gasteiger partial charge in [-0.1, -0.05) is 6.08 Å². The van der Waals surface area contributed by atoms with Crippen LogP contribution in [0.15, 0.2) is 49.2 Å². The number of allylic oxidation sites excluding steroid dienone is 1. The second-order valence-electron chi connectivity index (χ2n) is 7.16. The van der Waals surface area contributed by atoms with Crippen LogP contribution in [0.2, 0.25) is 0 Å².